The van der Waals surface area contributed by atoms with Gasteiger partial charge < -0.3 is 52.1 Å². The zero-order valence-electron chi connectivity index (χ0n) is 50.3. The van der Waals surface area contributed by atoms with E-state index in [1.54, 1.807) is 36.4 Å². The Balaban J connectivity index is 0.000000116. The van der Waals surface area contributed by atoms with Crippen molar-refractivity contribution < 1.29 is 142 Å². The molecule has 102 heavy (non-hydrogen) atoms. The van der Waals surface area contributed by atoms with Crippen LogP contribution in [0, 0.1) is 0 Å². The first-order valence-corrected chi connectivity index (χ1v) is 30.4. The van der Waals surface area contributed by atoms with E-state index >= 15 is 0 Å². The van der Waals surface area contributed by atoms with Crippen LogP contribution in [0.3, 0.4) is 0 Å². The largest absolute Gasteiger partial charge is 0.457 e. The maximum Gasteiger partial charge on any atom is 0.347 e. The van der Waals surface area contributed by atoms with Gasteiger partial charge in [-0.05, 0) is 158 Å². The Hall–Kier alpha value is -14.9. The van der Waals surface area contributed by atoms with Gasteiger partial charge >= 0.3 is 95.5 Å². The molecule has 0 unspecified atom stereocenters. The summed E-state index contributed by atoms with van der Waals surface area (Å²) in [6, 6.07) is 38.9. The van der Waals surface area contributed by atoms with Crippen molar-refractivity contribution in [3.63, 3.8) is 0 Å². The van der Waals surface area contributed by atoms with Gasteiger partial charge in [0.1, 0.15) is 34.5 Å². The number of esters is 16. The lowest BCUT2D eigenvalue weighted by molar-refractivity contribution is 0.0425. The van der Waals surface area contributed by atoms with Gasteiger partial charge in [0.25, 0.3) is 0 Å². The monoisotopic (exact) mass is 1390 g/mol. The van der Waals surface area contributed by atoms with Gasteiger partial charge in [-0.1, -0.05) is 12.1 Å². The topological polar surface area (TPSA) is 426 Å². The van der Waals surface area contributed by atoms with Gasteiger partial charge in [0, 0.05) is 11.1 Å². The lowest BCUT2D eigenvalue weighted by Crippen LogP contribution is -2.06. The fourth-order valence-corrected chi connectivity index (χ4v) is 12.0. The molecule has 0 aromatic heterocycles. The van der Waals surface area contributed by atoms with Crippen LogP contribution in [0.25, 0.3) is 0 Å². The third-order valence-corrected chi connectivity index (χ3v) is 17.4. The number of carbonyl (C=O) groups excluding carboxylic acids is 17. The van der Waals surface area contributed by atoms with Crippen molar-refractivity contribution >= 4 is 111 Å². The Morgan fingerprint density at radius 2 is 0.382 bits per heavy atom. The predicted molar refractivity (Wildman–Crippen MR) is 325 cm³/mol. The molecule has 0 fully saturated rings. The number of cyclic esters (lactones) is 16. The van der Waals surface area contributed by atoms with Crippen LogP contribution >= 0.6 is 0 Å². The smallest absolute Gasteiger partial charge is 0.347 e. The summed E-state index contributed by atoms with van der Waals surface area (Å²) in [4.78, 5) is 196. The van der Waals surface area contributed by atoms with E-state index in [2.05, 4.69) is 37.9 Å². The minimum atomic E-state index is -4.10. The molecule has 0 atom stereocenters. The average Bonchev–Trinajstić information content (AvgIpc) is 1.45. The second-order valence-corrected chi connectivity index (χ2v) is 23.7. The first-order chi connectivity index (χ1) is 48.7. The quantitative estimate of drug-likeness (QED) is 0.0534. The first kappa shape index (κ1) is 64.5. The summed E-state index contributed by atoms with van der Waals surface area (Å²) in [6.45, 7) is 0. The van der Waals surface area contributed by atoms with Crippen molar-refractivity contribution in [3.8, 4) is 34.5 Å². The van der Waals surface area contributed by atoms with Crippen LogP contribution in [0.5, 0.6) is 34.5 Å². The lowest BCUT2D eigenvalue weighted by atomic mass is 9.96. The molecule has 0 radical (unpaired) electrons. The summed E-state index contributed by atoms with van der Waals surface area (Å²) in [5, 5.41) is 0. The molecule has 17 rings (SSSR count). The Bertz CT molecular complexity index is 5360. The molecule has 9 aromatic carbocycles. The summed E-state index contributed by atoms with van der Waals surface area (Å²) in [6.07, 6.45) is 0. The first-order valence-electron chi connectivity index (χ1n) is 28.9. The van der Waals surface area contributed by atoms with Gasteiger partial charge in [-0.25, -0.2) is 85.1 Å². The molecule has 30 nitrogen and oxygen atoms in total. The number of hydrogen-bond donors (Lipinski definition) is 0. The number of fused-ring (bicyclic) bond motifs is 8. The van der Waals surface area contributed by atoms with Gasteiger partial charge in [-0.15, -0.1) is 0 Å². The van der Waals surface area contributed by atoms with Crippen molar-refractivity contribution in [1.82, 2.24) is 0 Å². The van der Waals surface area contributed by atoms with Gasteiger partial charge in [-0.2, -0.15) is 0 Å². The fourth-order valence-electron chi connectivity index (χ4n) is 10.7. The SMILES string of the molecule is O=C(c1ccc2c(c1)C(=O)OC2=O)c1ccc2c(c1)C(=O)OC2=O.O=C1OC(=O)c2cc(Oc3ccc(Oc4ccc5c(c4)C(=O)OC5=O)cc3)ccc21.O=C1OC(=O)c2cc(Oc3ccc4c(c3)C(=O)OC4=O)ccc21.O=C1OC(=O)c2cc(S(=O)(=O)c3ccc4c(c3)C(=O)OC4=O)ccc21. The molecule has 0 saturated heterocycles. The minimum absolute atomic E-state index is 0.0154. The highest BCUT2D eigenvalue weighted by Gasteiger charge is 2.38. The molecule has 8 aliphatic rings. The Morgan fingerprint density at radius 3 is 0.627 bits per heavy atom. The number of hydrogen-bond acceptors (Lipinski definition) is 30. The third kappa shape index (κ3) is 11.7. The molecule has 0 N–H and O–H groups in total. The highest BCUT2D eigenvalue weighted by atomic mass is 32.2. The van der Waals surface area contributed by atoms with Gasteiger partial charge in [0.05, 0.1) is 98.8 Å². The molecular formula is C71H28O30S. The highest BCUT2D eigenvalue weighted by molar-refractivity contribution is 7.91. The van der Waals surface area contributed by atoms with Crippen molar-refractivity contribution in [2.24, 2.45) is 0 Å². The summed E-state index contributed by atoms with van der Waals surface area (Å²) in [5.74, 6) is -10.5. The molecule has 9 aromatic rings. The minimum Gasteiger partial charge on any atom is -0.457 e. The van der Waals surface area contributed by atoms with Crippen LogP contribution in [-0.2, 0) is 47.7 Å². The molecule has 0 spiro atoms. The van der Waals surface area contributed by atoms with Crippen molar-refractivity contribution in [2.75, 3.05) is 0 Å². The number of ketones is 1. The van der Waals surface area contributed by atoms with Crippen LogP contribution < -0.4 is 14.2 Å². The van der Waals surface area contributed by atoms with E-state index in [0.29, 0.717) is 23.0 Å². The third-order valence-electron chi connectivity index (χ3n) is 15.7. The van der Waals surface area contributed by atoms with Crippen LogP contribution in [0.4, 0.5) is 0 Å². The lowest BCUT2D eigenvalue weighted by Gasteiger charge is -2.09. The van der Waals surface area contributed by atoms with E-state index in [0.717, 1.165) is 24.3 Å². The number of benzene rings is 9. The molecule has 498 valence electrons. The van der Waals surface area contributed by atoms with E-state index in [1.165, 1.54) is 109 Å². The maximum atomic E-state index is 12.7. The van der Waals surface area contributed by atoms with Gasteiger partial charge in [0.2, 0.25) is 9.84 Å². The second kappa shape index (κ2) is 24.6. The summed E-state index contributed by atoms with van der Waals surface area (Å²) in [5.41, 5.74) is 1.48. The maximum absolute atomic E-state index is 12.7. The molecular weight excluding hydrogens is 1360 g/mol. The normalized spacial score (nSPS) is 14.9. The molecule has 0 bridgehead atoms. The van der Waals surface area contributed by atoms with Crippen molar-refractivity contribution in [1.29, 1.82) is 0 Å². The van der Waals surface area contributed by atoms with Crippen LogP contribution in [0.15, 0.2) is 180 Å². The zero-order chi connectivity index (χ0) is 71.9. The fraction of sp³-hybridized carbons (Fsp3) is 0. The standard InChI is InChI=1S/C22H10O8.C17H6O7.C16H6O8S.C16H6O7/c23-19-15-7-5-13(9-17(15)21(25)29-19)27-11-1-2-12(4-3-11)28-14-6-8-16-18(10-14)22(26)30-20(16)24;18-13(7-1-3-9-11(5-7)16(21)23-14(9)19)8-2-4-10-12(6-8)17(22)24-15(10)20;17-13-9-3-1-7(5-11(9)15(19)23-13)25(21,22)8-2-4-10-12(6-8)16(20)24-14(10)18;17-13-9-3-1-7(5-11(9)15(19)22-13)21-8-2-4-10-12(6-8)16(20)23-14(10)18/h1-10H;1-6H;1-6H;1-6H. The van der Waals surface area contributed by atoms with E-state index < -0.39 is 111 Å². The van der Waals surface area contributed by atoms with Crippen LogP contribution in [0.1, 0.15) is 182 Å². The molecule has 31 heteroatoms. The van der Waals surface area contributed by atoms with E-state index in [-0.39, 0.29) is 121 Å². The van der Waals surface area contributed by atoms with E-state index in [1.807, 2.05) is 0 Å². The second-order valence-electron chi connectivity index (χ2n) is 21.8. The number of ether oxygens (including phenoxy) is 11. The highest BCUT2D eigenvalue weighted by Crippen LogP contribution is 2.36. The summed E-state index contributed by atoms with van der Waals surface area (Å²) >= 11 is 0. The summed E-state index contributed by atoms with van der Waals surface area (Å²) in [7, 11) is -4.10. The molecule has 0 saturated carbocycles. The molecule has 0 aliphatic carbocycles. The molecule has 8 heterocycles. The Labute approximate surface area is 565 Å². The number of carbonyl (C=O) groups is 17. The average molecular weight is 1390 g/mol. The summed E-state index contributed by atoms with van der Waals surface area (Å²) < 4.78 is 78.3. The Kier molecular flexibility index (Phi) is 15.6. The number of sulfone groups is 1. The zero-order valence-corrected chi connectivity index (χ0v) is 51.1. The number of rotatable bonds is 10. The van der Waals surface area contributed by atoms with E-state index in [9.17, 15) is 89.9 Å². The van der Waals surface area contributed by atoms with E-state index in [4.69, 9.17) is 14.2 Å². The Morgan fingerprint density at radius 1 is 0.206 bits per heavy atom. The van der Waals surface area contributed by atoms with Crippen LogP contribution in [-0.4, -0.2) is 110 Å². The van der Waals surface area contributed by atoms with Crippen molar-refractivity contribution in [3.05, 3.63) is 270 Å². The predicted octanol–water partition coefficient (Wildman–Crippen LogP) is 8.67. The van der Waals surface area contributed by atoms with Crippen LogP contribution in [0.2, 0.25) is 0 Å². The van der Waals surface area contributed by atoms with Gasteiger partial charge in [0.15, 0.2) is 5.78 Å². The molecule has 8 aliphatic heterocycles. The molecule has 0 amide bonds. The van der Waals surface area contributed by atoms with Crippen molar-refractivity contribution in [2.45, 2.75) is 9.79 Å². The van der Waals surface area contributed by atoms with Gasteiger partial charge in [-0.3, -0.25) is 4.79 Å².